The molecule has 0 aliphatic heterocycles. The predicted octanol–water partition coefficient (Wildman–Crippen LogP) is 3.04. The lowest BCUT2D eigenvalue weighted by atomic mass is 10.0. The fraction of sp³-hybridized carbons (Fsp3) is 0.222. The van der Waals surface area contributed by atoms with Crippen LogP contribution in [-0.4, -0.2) is 42.9 Å². The monoisotopic (exact) mass is 359 g/mol. The van der Waals surface area contributed by atoms with Gasteiger partial charge in [0.2, 0.25) is 0 Å². The van der Waals surface area contributed by atoms with Crippen molar-refractivity contribution < 1.29 is 14.3 Å². The van der Waals surface area contributed by atoms with Gasteiger partial charge < -0.3 is 14.8 Å². The Kier molecular flexibility index (Phi) is 5.21. The minimum atomic E-state index is -0.129. The number of pyridine rings is 1. The summed E-state index contributed by atoms with van der Waals surface area (Å²) >= 11 is 6.15. The second-order valence-corrected chi connectivity index (χ2v) is 5.82. The van der Waals surface area contributed by atoms with E-state index in [-0.39, 0.29) is 5.91 Å². The SMILES string of the molecule is COCCNC(=O)c1ccc(-c2cc(OC)c3c(Cl)cnn3c2)cc1. The second kappa shape index (κ2) is 7.55. The quantitative estimate of drug-likeness (QED) is 0.687. The summed E-state index contributed by atoms with van der Waals surface area (Å²) in [6, 6.07) is 9.23. The Morgan fingerprint density at radius 2 is 2.00 bits per heavy atom. The molecular formula is C18H18ClN3O3. The van der Waals surface area contributed by atoms with Crippen LogP contribution < -0.4 is 10.1 Å². The maximum absolute atomic E-state index is 12.0. The number of nitrogens with one attached hydrogen (secondary N) is 1. The van der Waals surface area contributed by atoms with Crippen LogP contribution in [0.1, 0.15) is 10.4 Å². The van der Waals surface area contributed by atoms with Crippen LogP contribution >= 0.6 is 11.6 Å². The summed E-state index contributed by atoms with van der Waals surface area (Å²) in [6.45, 7) is 0.959. The van der Waals surface area contributed by atoms with Gasteiger partial charge in [-0.25, -0.2) is 4.52 Å². The van der Waals surface area contributed by atoms with E-state index in [9.17, 15) is 4.79 Å². The third-order valence-electron chi connectivity index (χ3n) is 3.82. The van der Waals surface area contributed by atoms with E-state index in [0.29, 0.717) is 29.5 Å². The van der Waals surface area contributed by atoms with E-state index in [1.807, 2.05) is 24.4 Å². The molecule has 0 aliphatic carbocycles. The maximum atomic E-state index is 12.0. The lowest BCUT2D eigenvalue weighted by Gasteiger charge is -2.09. The Morgan fingerprint density at radius 1 is 1.24 bits per heavy atom. The van der Waals surface area contributed by atoms with Crippen LogP contribution in [0.3, 0.4) is 0 Å². The van der Waals surface area contributed by atoms with Crippen molar-refractivity contribution >= 4 is 23.0 Å². The number of carbonyl (C=O) groups excluding carboxylic acids is 1. The van der Waals surface area contributed by atoms with Gasteiger partial charge in [0.15, 0.2) is 0 Å². The van der Waals surface area contributed by atoms with Gasteiger partial charge >= 0.3 is 0 Å². The van der Waals surface area contributed by atoms with Gasteiger partial charge in [-0.2, -0.15) is 5.10 Å². The molecule has 0 aliphatic rings. The number of rotatable bonds is 6. The highest BCUT2D eigenvalue weighted by Gasteiger charge is 2.12. The third-order valence-corrected chi connectivity index (χ3v) is 4.10. The Balaban J connectivity index is 1.87. The average Bonchev–Trinajstić information content (AvgIpc) is 3.02. The molecule has 0 atom stereocenters. The minimum absolute atomic E-state index is 0.129. The number of fused-ring (bicyclic) bond motifs is 1. The average molecular weight is 360 g/mol. The van der Waals surface area contributed by atoms with Crippen LogP contribution in [0.25, 0.3) is 16.6 Å². The van der Waals surface area contributed by atoms with Crippen molar-refractivity contribution in [1.82, 2.24) is 14.9 Å². The molecule has 1 N–H and O–H groups in total. The highest BCUT2D eigenvalue weighted by atomic mass is 35.5. The largest absolute Gasteiger partial charge is 0.494 e. The molecule has 0 unspecified atom stereocenters. The first-order valence-electron chi connectivity index (χ1n) is 7.72. The van der Waals surface area contributed by atoms with Crippen molar-refractivity contribution in [3.63, 3.8) is 0 Å². The Bertz CT molecular complexity index is 890. The molecular weight excluding hydrogens is 342 g/mol. The van der Waals surface area contributed by atoms with Gasteiger partial charge in [0.05, 0.1) is 24.9 Å². The molecule has 0 bridgehead atoms. The zero-order valence-electron chi connectivity index (χ0n) is 14.0. The van der Waals surface area contributed by atoms with Crippen molar-refractivity contribution in [3.8, 4) is 16.9 Å². The van der Waals surface area contributed by atoms with Crippen molar-refractivity contribution in [2.75, 3.05) is 27.4 Å². The Labute approximate surface area is 150 Å². The molecule has 1 amide bonds. The first-order valence-corrected chi connectivity index (χ1v) is 8.10. The summed E-state index contributed by atoms with van der Waals surface area (Å²) in [7, 11) is 3.19. The summed E-state index contributed by atoms with van der Waals surface area (Å²) in [5, 5.41) is 7.55. The van der Waals surface area contributed by atoms with E-state index in [4.69, 9.17) is 21.1 Å². The number of nitrogens with zero attached hydrogens (tertiary/aromatic N) is 2. The van der Waals surface area contributed by atoms with Crippen LogP contribution in [0.5, 0.6) is 5.75 Å². The molecule has 25 heavy (non-hydrogen) atoms. The first-order chi connectivity index (χ1) is 12.1. The molecule has 0 radical (unpaired) electrons. The molecule has 130 valence electrons. The number of aromatic nitrogens is 2. The number of benzene rings is 1. The van der Waals surface area contributed by atoms with Crippen molar-refractivity contribution in [1.29, 1.82) is 0 Å². The third kappa shape index (κ3) is 3.60. The van der Waals surface area contributed by atoms with E-state index in [1.54, 1.807) is 37.1 Å². The van der Waals surface area contributed by atoms with Crippen molar-refractivity contribution in [2.24, 2.45) is 0 Å². The van der Waals surface area contributed by atoms with Crippen LogP contribution in [0, 0.1) is 0 Å². The summed E-state index contributed by atoms with van der Waals surface area (Å²) in [6.07, 6.45) is 3.45. The highest BCUT2D eigenvalue weighted by molar-refractivity contribution is 6.34. The zero-order chi connectivity index (χ0) is 17.8. The van der Waals surface area contributed by atoms with Crippen molar-refractivity contribution in [2.45, 2.75) is 0 Å². The molecule has 0 fully saturated rings. The molecule has 3 rings (SSSR count). The number of hydrogen-bond donors (Lipinski definition) is 1. The molecule has 7 heteroatoms. The van der Waals surface area contributed by atoms with Crippen LogP contribution in [0.15, 0.2) is 42.7 Å². The summed E-state index contributed by atoms with van der Waals surface area (Å²) in [5.74, 6) is 0.511. The molecule has 0 saturated carbocycles. The van der Waals surface area contributed by atoms with Crippen LogP contribution in [-0.2, 0) is 4.74 Å². The lowest BCUT2D eigenvalue weighted by Crippen LogP contribution is -2.26. The van der Waals surface area contributed by atoms with Gasteiger partial charge in [0.1, 0.15) is 11.3 Å². The van der Waals surface area contributed by atoms with E-state index in [1.165, 1.54) is 0 Å². The van der Waals surface area contributed by atoms with E-state index < -0.39 is 0 Å². The smallest absolute Gasteiger partial charge is 0.251 e. The number of ether oxygens (including phenoxy) is 2. The second-order valence-electron chi connectivity index (χ2n) is 5.41. The van der Waals surface area contributed by atoms with Crippen LogP contribution in [0.4, 0.5) is 0 Å². The molecule has 2 aromatic heterocycles. The fourth-order valence-electron chi connectivity index (χ4n) is 2.54. The van der Waals surface area contributed by atoms with Gasteiger partial charge in [0, 0.05) is 31.0 Å². The van der Waals surface area contributed by atoms with Crippen LogP contribution in [0.2, 0.25) is 5.02 Å². The topological polar surface area (TPSA) is 64.9 Å². The first kappa shape index (κ1) is 17.3. The van der Waals surface area contributed by atoms with E-state index in [2.05, 4.69) is 10.4 Å². The van der Waals surface area contributed by atoms with Crippen molar-refractivity contribution in [3.05, 3.63) is 53.3 Å². The number of methoxy groups -OCH3 is 2. The minimum Gasteiger partial charge on any atom is -0.494 e. The predicted molar refractivity (Wildman–Crippen MR) is 96.4 cm³/mol. The maximum Gasteiger partial charge on any atom is 0.251 e. The fourth-order valence-corrected chi connectivity index (χ4v) is 2.77. The molecule has 3 aromatic rings. The number of hydrogen-bond acceptors (Lipinski definition) is 4. The lowest BCUT2D eigenvalue weighted by molar-refractivity contribution is 0.0937. The zero-order valence-corrected chi connectivity index (χ0v) is 14.7. The van der Waals surface area contributed by atoms with Gasteiger partial charge in [-0.1, -0.05) is 23.7 Å². The highest BCUT2D eigenvalue weighted by Crippen LogP contribution is 2.31. The summed E-state index contributed by atoms with van der Waals surface area (Å²) < 4.78 is 12.0. The molecule has 6 nitrogen and oxygen atoms in total. The normalized spacial score (nSPS) is 10.8. The number of amides is 1. The summed E-state index contributed by atoms with van der Waals surface area (Å²) in [4.78, 5) is 12.0. The van der Waals surface area contributed by atoms with Gasteiger partial charge in [-0.15, -0.1) is 0 Å². The van der Waals surface area contributed by atoms with E-state index >= 15 is 0 Å². The Morgan fingerprint density at radius 3 is 2.68 bits per heavy atom. The van der Waals surface area contributed by atoms with E-state index in [0.717, 1.165) is 16.6 Å². The van der Waals surface area contributed by atoms with Gasteiger partial charge in [-0.3, -0.25) is 4.79 Å². The Hall–Kier alpha value is -2.57. The van der Waals surface area contributed by atoms with Gasteiger partial charge in [0.25, 0.3) is 5.91 Å². The number of carbonyl (C=O) groups is 1. The number of halogens is 1. The molecule has 2 heterocycles. The molecule has 0 saturated heterocycles. The summed E-state index contributed by atoms with van der Waals surface area (Å²) in [5.41, 5.74) is 3.17. The van der Waals surface area contributed by atoms with Gasteiger partial charge in [-0.05, 0) is 23.8 Å². The molecule has 1 aromatic carbocycles. The molecule has 0 spiro atoms. The standard InChI is InChI=1S/C18H18ClN3O3/c1-24-8-7-20-18(23)13-5-3-12(4-6-13)14-9-16(25-2)17-15(19)10-21-22(17)11-14/h3-6,9-11H,7-8H2,1-2H3,(H,20,23).